The average Bonchev–Trinajstić information content (AvgIpc) is 2.83. The Labute approximate surface area is 109 Å². The first-order valence-corrected chi connectivity index (χ1v) is 6.71. The maximum absolute atomic E-state index is 11.8. The first-order valence-electron chi connectivity index (χ1n) is 6.71. The van der Waals surface area contributed by atoms with Gasteiger partial charge in [0, 0.05) is 45.0 Å². The lowest BCUT2D eigenvalue weighted by Gasteiger charge is -2.18. The molecule has 18 heavy (non-hydrogen) atoms. The quantitative estimate of drug-likeness (QED) is 0.708. The van der Waals surface area contributed by atoms with Gasteiger partial charge in [0.2, 0.25) is 5.91 Å². The predicted molar refractivity (Wildman–Crippen MR) is 72.2 cm³/mol. The summed E-state index contributed by atoms with van der Waals surface area (Å²) in [5, 5.41) is 3.27. The summed E-state index contributed by atoms with van der Waals surface area (Å²) >= 11 is 0. The van der Waals surface area contributed by atoms with Crippen molar-refractivity contribution in [3.05, 3.63) is 18.2 Å². The van der Waals surface area contributed by atoms with Crippen LogP contribution in [0.3, 0.4) is 0 Å². The standard InChI is InChI=1S/C13H24N4O/c1-4-16(5-2)13(18)7-8-14-11-12-15-9-10-17(12)6-3/h9-10,14H,4-8,11H2,1-3H3. The van der Waals surface area contributed by atoms with Crippen LogP contribution in [0.15, 0.2) is 12.4 Å². The van der Waals surface area contributed by atoms with Gasteiger partial charge < -0.3 is 14.8 Å². The molecule has 1 N–H and O–H groups in total. The summed E-state index contributed by atoms with van der Waals surface area (Å²) in [6.07, 6.45) is 4.33. The van der Waals surface area contributed by atoms with E-state index < -0.39 is 0 Å². The molecule has 0 bridgehead atoms. The van der Waals surface area contributed by atoms with Crippen molar-refractivity contribution in [2.75, 3.05) is 19.6 Å². The summed E-state index contributed by atoms with van der Waals surface area (Å²) in [7, 11) is 0. The Kier molecular flexibility index (Phi) is 6.43. The van der Waals surface area contributed by atoms with E-state index in [2.05, 4.69) is 21.8 Å². The van der Waals surface area contributed by atoms with Gasteiger partial charge in [-0.05, 0) is 20.8 Å². The van der Waals surface area contributed by atoms with E-state index >= 15 is 0 Å². The molecule has 0 saturated carbocycles. The number of carbonyl (C=O) groups excluding carboxylic acids is 1. The Balaban J connectivity index is 2.24. The zero-order chi connectivity index (χ0) is 13.4. The Bertz CT molecular complexity index is 358. The molecule has 0 atom stereocenters. The summed E-state index contributed by atoms with van der Waals surface area (Å²) in [6.45, 7) is 10.0. The van der Waals surface area contributed by atoms with Crippen LogP contribution < -0.4 is 5.32 Å². The molecule has 0 aliphatic heterocycles. The van der Waals surface area contributed by atoms with E-state index in [0.717, 1.165) is 25.5 Å². The maximum Gasteiger partial charge on any atom is 0.223 e. The van der Waals surface area contributed by atoms with Gasteiger partial charge in [-0.3, -0.25) is 4.79 Å². The third-order valence-corrected chi connectivity index (χ3v) is 3.06. The normalized spacial score (nSPS) is 10.6. The largest absolute Gasteiger partial charge is 0.343 e. The van der Waals surface area contributed by atoms with Crippen molar-refractivity contribution in [2.45, 2.75) is 40.3 Å². The van der Waals surface area contributed by atoms with Gasteiger partial charge in [-0.1, -0.05) is 0 Å². The van der Waals surface area contributed by atoms with Crippen LogP contribution in [0.4, 0.5) is 0 Å². The molecule has 102 valence electrons. The summed E-state index contributed by atoms with van der Waals surface area (Å²) in [5.41, 5.74) is 0. The fourth-order valence-corrected chi connectivity index (χ4v) is 1.93. The summed E-state index contributed by atoms with van der Waals surface area (Å²) < 4.78 is 2.10. The molecule has 0 aliphatic carbocycles. The molecule has 5 heteroatoms. The predicted octanol–water partition coefficient (Wildman–Crippen LogP) is 1.25. The highest BCUT2D eigenvalue weighted by atomic mass is 16.2. The van der Waals surface area contributed by atoms with Crippen LogP contribution in [-0.2, 0) is 17.9 Å². The van der Waals surface area contributed by atoms with Crippen LogP contribution in [0, 0.1) is 0 Å². The lowest BCUT2D eigenvalue weighted by Crippen LogP contribution is -2.32. The molecule has 0 radical (unpaired) electrons. The minimum absolute atomic E-state index is 0.214. The van der Waals surface area contributed by atoms with Crippen molar-refractivity contribution in [1.29, 1.82) is 0 Å². The van der Waals surface area contributed by atoms with Gasteiger partial charge in [-0.25, -0.2) is 4.98 Å². The zero-order valence-electron chi connectivity index (χ0n) is 11.6. The van der Waals surface area contributed by atoms with Gasteiger partial charge in [0.15, 0.2) is 0 Å². The van der Waals surface area contributed by atoms with Crippen LogP contribution in [0.5, 0.6) is 0 Å². The minimum Gasteiger partial charge on any atom is -0.343 e. The van der Waals surface area contributed by atoms with E-state index in [1.165, 1.54) is 0 Å². The second-order valence-electron chi connectivity index (χ2n) is 4.12. The fraction of sp³-hybridized carbons (Fsp3) is 0.692. The number of hydrogen-bond donors (Lipinski definition) is 1. The lowest BCUT2D eigenvalue weighted by molar-refractivity contribution is -0.130. The first-order chi connectivity index (χ1) is 8.72. The van der Waals surface area contributed by atoms with Crippen molar-refractivity contribution in [1.82, 2.24) is 19.8 Å². The summed E-state index contributed by atoms with van der Waals surface area (Å²) in [5.74, 6) is 1.24. The number of nitrogens with one attached hydrogen (secondary N) is 1. The zero-order valence-corrected chi connectivity index (χ0v) is 11.6. The molecule has 0 fully saturated rings. The second kappa shape index (κ2) is 7.87. The molecular weight excluding hydrogens is 228 g/mol. The van der Waals surface area contributed by atoms with Crippen molar-refractivity contribution in [3.63, 3.8) is 0 Å². The van der Waals surface area contributed by atoms with Crippen molar-refractivity contribution < 1.29 is 4.79 Å². The Hall–Kier alpha value is -1.36. The minimum atomic E-state index is 0.214. The molecule has 5 nitrogen and oxygen atoms in total. The number of imidazole rings is 1. The second-order valence-corrected chi connectivity index (χ2v) is 4.12. The number of aryl methyl sites for hydroxylation is 1. The smallest absolute Gasteiger partial charge is 0.223 e. The van der Waals surface area contributed by atoms with E-state index in [1.807, 2.05) is 31.1 Å². The molecule has 0 spiro atoms. The monoisotopic (exact) mass is 252 g/mol. The molecule has 0 saturated heterocycles. The van der Waals surface area contributed by atoms with Gasteiger partial charge in [-0.15, -0.1) is 0 Å². The number of carbonyl (C=O) groups is 1. The summed E-state index contributed by atoms with van der Waals surface area (Å²) in [6, 6.07) is 0. The van der Waals surface area contributed by atoms with Gasteiger partial charge in [0.1, 0.15) is 5.82 Å². The molecular formula is C13H24N4O. The van der Waals surface area contributed by atoms with Crippen LogP contribution in [0.2, 0.25) is 0 Å². The molecule has 0 aromatic carbocycles. The van der Waals surface area contributed by atoms with E-state index in [4.69, 9.17) is 0 Å². The van der Waals surface area contributed by atoms with Crippen molar-refractivity contribution in [3.8, 4) is 0 Å². The topological polar surface area (TPSA) is 50.2 Å². The number of hydrogen-bond acceptors (Lipinski definition) is 3. The molecule has 0 aliphatic rings. The van der Waals surface area contributed by atoms with Crippen LogP contribution in [0.1, 0.15) is 33.0 Å². The Morgan fingerprint density at radius 2 is 2.11 bits per heavy atom. The highest BCUT2D eigenvalue weighted by Crippen LogP contribution is 1.97. The van der Waals surface area contributed by atoms with Crippen LogP contribution >= 0.6 is 0 Å². The molecule has 1 aromatic rings. The van der Waals surface area contributed by atoms with E-state index in [-0.39, 0.29) is 5.91 Å². The first kappa shape index (κ1) is 14.7. The molecule has 1 rings (SSSR count). The van der Waals surface area contributed by atoms with Crippen LogP contribution in [-0.4, -0.2) is 40.0 Å². The Morgan fingerprint density at radius 3 is 2.72 bits per heavy atom. The van der Waals surface area contributed by atoms with Gasteiger partial charge >= 0.3 is 0 Å². The fourth-order valence-electron chi connectivity index (χ4n) is 1.93. The lowest BCUT2D eigenvalue weighted by atomic mass is 10.3. The van der Waals surface area contributed by atoms with E-state index in [0.29, 0.717) is 19.5 Å². The van der Waals surface area contributed by atoms with Gasteiger partial charge in [-0.2, -0.15) is 0 Å². The van der Waals surface area contributed by atoms with Gasteiger partial charge in [0.25, 0.3) is 0 Å². The average molecular weight is 252 g/mol. The third-order valence-electron chi connectivity index (χ3n) is 3.06. The molecule has 0 unspecified atom stereocenters. The highest BCUT2D eigenvalue weighted by molar-refractivity contribution is 5.76. The highest BCUT2D eigenvalue weighted by Gasteiger charge is 2.08. The van der Waals surface area contributed by atoms with Crippen molar-refractivity contribution >= 4 is 5.91 Å². The Morgan fingerprint density at radius 1 is 1.39 bits per heavy atom. The van der Waals surface area contributed by atoms with E-state index in [9.17, 15) is 4.79 Å². The maximum atomic E-state index is 11.8. The molecule has 1 amide bonds. The molecule has 1 aromatic heterocycles. The third kappa shape index (κ3) is 4.14. The summed E-state index contributed by atoms with van der Waals surface area (Å²) in [4.78, 5) is 17.9. The SMILES string of the molecule is CCN(CC)C(=O)CCNCc1nccn1CC. The number of amides is 1. The van der Waals surface area contributed by atoms with Crippen LogP contribution in [0.25, 0.3) is 0 Å². The number of nitrogens with zero attached hydrogens (tertiary/aromatic N) is 3. The molecule has 1 heterocycles. The van der Waals surface area contributed by atoms with E-state index in [1.54, 1.807) is 0 Å². The van der Waals surface area contributed by atoms with Crippen molar-refractivity contribution in [2.24, 2.45) is 0 Å². The number of rotatable bonds is 8. The van der Waals surface area contributed by atoms with Gasteiger partial charge in [0.05, 0.1) is 6.54 Å². The number of aromatic nitrogens is 2.